The Morgan fingerprint density at radius 2 is 1.52 bits per heavy atom. The van der Waals surface area contributed by atoms with Crippen molar-refractivity contribution in [3.05, 3.63) is 77.1 Å². The van der Waals surface area contributed by atoms with Crippen molar-refractivity contribution in [1.82, 2.24) is 9.97 Å². The zero-order chi connectivity index (χ0) is 17.4. The fourth-order valence-corrected chi connectivity index (χ4v) is 3.32. The summed E-state index contributed by atoms with van der Waals surface area (Å²) in [4.78, 5) is 14.0. The summed E-state index contributed by atoms with van der Waals surface area (Å²) in [6, 6.07) is 16.6. The minimum absolute atomic E-state index is 0.838. The van der Waals surface area contributed by atoms with Crippen molar-refractivity contribution in [3.63, 3.8) is 0 Å². The quantitative estimate of drug-likeness (QED) is 0.362. The molecule has 3 nitrogen and oxygen atoms in total. The summed E-state index contributed by atoms with van der Waals surface area (Å²) in [5.74, 6) is 0. The third-order valence-electron chi connectivity index (χ3n) is 4.41. The van der Waals surface area contributed by atoms with Gasteiger partial charge in [0.15, 0.2) is 0 Å². The average Bonchev–Trinajstić information content (AvgIpc) is 2.60. The summed E-state index contributed by atoms with van der Waals surface area (Å²) in [5, 5.41) is 2.19. The maximum atomic E-state index is 4.78. The van der Waals surface area contributed by atoms with Crippen LogP contribution >= 0.6 is 0 Å². The largest absolute Gasteiger partial charge is 0.254 e. The number of pyridine rings is 2. The van der Waals surface area contributed by atoms with E-state index in [9.17, 15) is 0 Å². The van der Waals surface area contributed by atoms with Crippen LogP contribution in [0.1, 0.15) is 22.4 Å². The molecule has 0 aliphatic carbocycles. The van der Waals surface area contributed by atoms with E-state index in [2.05, 4.69) is 62.2 Å². The molecule has 2 aromatic heterocycles. The molecule has 0 saturated heterocycles. The van der Waals surface area contributed by atoms with E-state index in [1.54, 1.807) is 0 Å². The lowest BCUT2D eigenvalue weighted by Gasteiger charge is -2.06. The highest BCUT2D eigenvalue weighted by atomic mass is 14.8. The smallest absolute Gasteiger partial charge is 0.0972 e. The summed E-state index contributed by atoms with van der Waals surface area (Å²) in [6.07, 6.45) is 3.65. The van der Waals surface area contributed by atoms with Crippen molar-refractivity contribution in [2.75, 3.05) is 0 Å². The van der Waals surface area contributed by atoms with Gasteiger partial charge in [0.05, 0.1) is 28.6 Å². The maximum Gasteiger partial charge on any atom is 0.0972 e. The van der Waals surface area contributed by atoms with Gasteiger partial charge in [-0.05, 0) is 44.0 Å². The molecule has 122 valence electrons. The highest BCUT2D eigenvalue weighted by Gasteiger charge is 2.05. The van der Waals surface area contributed by atoms with E-state index in [1.165, 1.54) is 16.7 Å². The third-order valence-corrected chi connectivity index (χ3v) is 4.41. The number of fused-ring (bicyclic) bond motifs is 3. The molecule has 0 atom stereocenters. The van der Waals surface area contributed by atoms with Gasteiger partial charge in [-0.25, -0.2) is 4.98 Å². The highest BCUT2D eigenvalue weighted by Crippen LogP contribution is 2.25. The van der Waals surface area contributed by atoms with Gasteiger partial charge in [-0.1, -0.05) is 42.0 Å². The monoisotopic (exact) mass is 325 g/mol. The van der Waals surface area contributed by atoms with Gasteiger partial charge in [0.2, 0.25) is 0 Å². The molecule has 0 saturated carbocycles. The van der Waals surface area contributed by atoms with Crippen LogP contribution in [-0.2, 0) is 0 Å². The molecule has 25 heavy (non-hydrogen) atoms. The van der Waals surface area contributed by atoms with E-state index < -0.39 is 0 Å². The zero-order valence-electron chi connectivity index (χ0n) is 14.6. The van der Waals surface area contributed by atoms with Crippen molar-refractivity contribution in [1.29, 1.82) is 0 Å². The molecular weight excluding hydrogens is 306 g/mol. The van der Waals surface area contributed by atoms with Crippen molar-refractivity contribution in [3.8, 4) is 0 Å². The first-order valence-corrected chi connectivity index (χ1v) is 8.38. The summed E-state index contributed by atoms with van der Waals surface area (Å²) in [5.41, 5.74) is 7.32. The molecule has 0 radical (unpaired) electrons. The molecule has 0 fully saturated rings. The Labute approximate surface area is 147 Å². The van der Waals surface area contributed by atoms with Gasteiger partial charge in [-0.15, -0.1) is 0 Å². The van der Waals surface area contributed by atoms with Crippen LogP contribution in [0.2, 0.25) is 0 Å². The molecule has 4 rings (SSSR count). The van der Waals surface area contributed by atoms with E-state index in [4.69, 9.17) is 9.98 Å². The Bertz CT molecular complexity index is 1100. The normalized spacial score (nSPS) is 11.6. The Morgan fingerprint density at radius 1 is 0.840 bits per heavy atom. The van der Waals surface area contributed by atoms with Crippen LogP contribution in [0.15, 0.2) is 59.7 Å². The van der Waals surface area contributed by atoms with Crippen LogP contribution in [0.3, 0.4) is 0 Å². The predicted octanol–water partition coefficient (Wildman–Crippen LogP) is 5.46. The number of aliphatic imine (C=N–C) groups is 1. The molecular formula is C22H19N3. The molecule has 0 unspecified atom stereocenters. The summed E-state index contributed by atoms with van der Waals surface area (Å²) in [6.45, 7) is 6.30. The second-order valence-electron chi connectivity index (χ2n) is 6.45. The minimum atomic E-state index is 0.838. The van der Waals surface area contributed by atoms with E-state index >= 15 is 0 Å². The van der Waals surface area contributed by atoms with Crippen LogP contribution in [-0.4, -0.2) is 16.2 Å². The van der Waals surface area contributed by atoms with E-state index in [1.807, 2.05) is 24.5 Å². The Kier molecular flexibility index (Phi) is 3.77. The molecule has 0 aliphatic rings. The number of aryl methyl sites for hydroxylation is 3. The van der Waals surface area contributed by atoms with Gasteiger partial charge in [0.1, 0.15) is 0 Å². The first kappa shape index (κ1) is 15.5. The number of benzene rings is 2. The van der Waals surface area contributed by atoms with E-state index in [-0.39, 0.29) is 0 Å². The van der Waals surface area contributed by atoms with Crippen molar-refractivity contribution >= 4 is 33.7 Å². The molecule has 0 N–H and O–H groups in total. The van der Waals surface area contributed by atoms with Crippen LogP contribution in [0.25, 0.3) is 21.8 Å². The lowest BCUT2D eigenvalue weighted by Crippen LogP contribution is -1.91. The van der Waals surface area contributed by atoms with E-state index in [0.29, 0.717) is 0 Å². The number of hydrogen-bond donors (Lipinski definition) is 0. The first-order chi connectivity index (χ1) is 12.1. The van der Waals surface area contributed by atoms with Crippen molar-refractivity contribution in [2.45, 2.75) is 20.8 Å². The van der Waals surface area contributed by atoms with Crippen LogP contribution in [0, 0.1) is 20.8 Å². The molecule has 0 amide bonds. The number of hydrogen-bond acceptors (Lipinski definition) is 3. The SMILES string of the molecule is Cc1cc(C)c(/N=C/c2ccc3ccc4cccnc4c3n2)c(C)c1. The van der Waals surface area contributed by atoms with Gasteiger partial charge in [0, 0.05) is 17.0 Å². The molecule has 3 heteroatoms. The summed E-state index contributed by atoms with van der Waals surface area (Å²) >= 11 is 0. The Balaban J connectivity index is 1.81. The molecule has 4 aromatic rings. The van der Waals surface area contributed by atoms with Gasteiger partial charge in [-0.3, -0.25) is 9.98 Å². The second kappa shape index (κ2) is 6.10. The van der Waals surface area contributed by atoms with Crippen LogP contribution < -0.4 is 0 Å². The van der Waals surface area contributed by atoms with Crippen LogP contribution in [0.5, 0.6) is 0 Å². The fraction of sp³-hybridized carbons (Fsp3) is 0.136. The number of rotatable bonds is 2. The van der Waals surface area contributed by atoms with Gasteiger partial charge < -0.3 is 0 Å². The van der Waals surface area contributed by atoms with Gasteiger partial charge >= 0.3 is 0 Å². The third kappa shape index (κ3) is 2.89. The fourth-order valence-electron chi connectivity index (χ4n) is 3.32. The average molecular weight is 325 g/mol. The number of aromatic nitrogens is 2. The number of nitrogens with zero attached hydrogens (tertiary/aromatic N) is 3. The van der Waals surface area contributed by atoms with Crippen molar-refractivity contribution in [2.24, 2.45) is 4.99 Å². The van der Waals surface area contributed by atoms with Gasteiger partial charge in [-0.2, -0.15) is 0 Å². The summed E-state index contributed by atoms with van der Waals surface area (Å²) in [7, 11) is 0. The predicted molar refractivity (Wildman–Crippen MR) is 105 cm³/mol. The summed E-state index contributed by atoms with van der Waals surface area (Å²) < 4.78 is 0. The first-order valence-electron chi connectivity index (χ1n) is 8.38. The molecule has 2 aromatic carbocycles. The maximum absolute atomic E-state index is 4.78. The highest BCUT2D eigenvalue weighted by molar-refractivity contribution is 6.03. The Morgan fingerprint density at radius 3 is 2.28 bits per heavy atom. The second-order valence-corrected chi connectivity index (χ2v) is 6.45. The molecule has 0 spiro atoms. The molecule has 0 aliphatic heterocycles. The minimum Gasteiger partial charge on any atom is -0.254 e. The Hall–Kier alpha value is -3.07. The zero-order valence-corrected chi connectivity index (χ0v) is 14.6. The van der Waals surface area contributed by atoms with Gasteiger partial charge in [0.25, 0.3) is 0 Å². The molecule has 0 bridgehead atoms. The van der Waals surface area contributed by atoms with Crippen LogP contribution in [0.4, 0.5) is 5.69 Å². The van der Waals surface area contributed by atoms with E-state index in [0.717, 1.165) is 33.2 Å². The molecule has 2 heterocycles. The topological polar surface area (TPSA) is 38.1 Å². The lowest BCUT2D eigenvalue weighted by atomic mass is 10.1. The standard InChI is InChI=1S/C22H19N3/c1-14-11-15(2)20(16(3)12-14)24-13-19-9-8-18-7-6-17-5-4-10-23-21(17)22(18)25-19/h4-13H,1-3H3/b24-13+. The van der Waals surface area contributed by atoms with Crippen molar-refractivity contribution < 1.29 is 0 Å². The lowest BCUT2D eigenvalue weighted by molar-refractivity contribution is 1.28.